The summed E-state index contributed by atoms with van der Waals surface area (Å²) in [6, 6.07) is 12.3. The fourth-order valence-electron chi connectivity index (χ4n) is 3.93. The van der Waals surface area contributed by atoms with Gasteiger partial charge in [0.1, 0.15) is 0 Å². The summed E-state index contributed by atoms with van der Waals surface area (Å²) in [6.07, 6.45) is 0.818. The van der Waals surface area contributed by atoms with Gasteiger partial charge < -0.3 is 14.4 Å². The van der Waals surface area contributed by atoms with Crippen molar-refractivity contribution in [2.75, 3.05) is 26.5 Å². The molecule has 6 heteroatoms. The summed E-state index contributed by atoms with van der Waals surface area (Å²) in [5.41, 5.74) is 5.69. The van der Waals surface area contributed by atoms with Crippen molar-refractivity contribution in [3.8, 4) is 11.5 Å². The van der Waals surface area contributed by atoms with Crippen molar-refractivity contribution in [2.45, 2.75) is 31.8 Å². The first kappa shape index (κ1) is 20.5. The number of pyridine rings is 1. The Morgan fingerprint density at radius 1 is 1.07 bits per heavy atom. The summed E-state index contributed by atoms with van der Waals surface area (Å²) in [6.45, 7) is 5.48. The highest BCUT2D eigenvalue weighted by molar-refractivity contribution is 7.99. The van der Waals surface area contributed by atoms with E-state index in [1.807, 2.05) is 17.0 Å². The lowest BCUT2D eigenvalue weighted by atomic mass is 9.99. The first-order valence-electron chi connectivity index (χ1n) is 10.0. The van der Waals surface area contributed by atoms with Gasteiger partial charge in [-0.05, 0) is 60.7 Å². The molecule has 1 aromatic heterocycles. The lowest BCUT2D eigenvalue weighted by Crippen LogP contribution is -2.37. The highest BCUT2D eigenvalue weighted by Crippen LogP contribution is 2.33. The van der Waals surface area contributed by atoms with E-state index in [0.29, 0.717) is 24.6 Å². The number of fused-ring (bicyclic) bond motifs is 2. The maximum atomic E-state index is 12.9. The van der Waals surface area contributed by atoms with Gasteiger partial charge in [0.05, 0.1) is 30.5 Å². The minimum atomic E-state index is 0.129. The smallest absolute Gasteiger partial charge is 0.233 e. The molecule has 1 aliphatic rings. The van der Waals surface area contributed by atoms with Crippen LogP contribution in [0.2, 0.25) is 0 Å². The molecule has 2 aromatic carbocycles. The number of rotatable bonds is 5. The van der Waals surface area contributed by atoms with E-state index < -0.39 is 0 Å². The van der Waals surface area contributed by atoms with E-state index in [9.17, 15) is 4.79 Å². The summed E-state index contributed by atoms with van der Waals surface area (Å²) in [5, 5.41) is 2.06. The molecule has 0 atom stereocenters. The van der Waals surface area contributed by atoms with Gasteiger partial charge in [0.15, 0.2) is 11.5 Å². The predicted molar refractivity (Wildman–Crippen MR) is 121 cm³/mol. The average Bonchev–Trinajstić information content (AvgIpc) is 2.76. The quantitative estimate of drug-likeness (QED) is 0.565. The molecular weight excluding hydrogens is 396 g/mol. The molecule has 30 heavy (non-hydrogen) atoms. The second-order valence-corrected chi connectivity index (χ2v) is 8.57. The van der Waals surface area contributed by atoms with Crippen LogP contribution in [0.3, 0.4) is 0 Å². The number of aryl methyl sites for hydroxylation is 2. The van der Waals surface area contributed by atoms with Crippen LogP contribution in [0.25, 0.3) is 10.9 Å². The number of benzene rings is 2. The molecule has 5 nitrogen and oxygen atoms in total. The number of nitrogens with zero attached hydrogens (tertiary/aromatic N) is 2. The van der Waals surface area contributed by atoms with E-state index in [0.717, 1.165) is 33.8 Å². The number of thioether (sulfide) groups is 1. The molecule has 0 aliphatic carbocycles. The second-order valence-electron chi connectivity index (χ2n) is 7.58. The Bertz CT molecular complexity index is 1110. The number of ether oxygens (including phenoxy) is 2. The first-order chi connectivity index (χ1) is 14.5. The summed E-state index contributed by atoms with van der Waals surface area (Å²) < 4.78 is 10.8. The Hall–Kier alpha value is -2.73. The van der Waals surface area contributed by atoms with Crippen LogP contribution in [-0.4, -0.2) is 42.3 Å². The van der Waals surface area contributed by atoms with Crippen LogP contribution in [0.5, 0.6) is 11.5 Å². The molecule has 0 bridgehead atoms. The number of carbonyl (C=O) groups is 1. The summed E-state index contributed by atoms with van der Waals surface area (Å²) >= 11 is 1.51. The third-order valence-electron chi connectivity index (χ3n) is 5.64. The maximum Gasteiger partial charge on any atom is 0.233 e. The number of aromatic nitrogens is 1. The normalized spacial score (nSPS) is 13.3. The molecule has 0 spiro atoms. The standard InChI is InChI=1S/C24H26N2O3S/c1-15-6-5-7-19-16(2)10-22(25-24(15)19)30-14-23(27)26-9-8-17-11-20(28-3)21(29-4)12-18(17)13-26/h5-7,10-12H,8-9,13-14H2,1-4H3. The van der Waals surface area contributed by atoms with Crippen molar-refractivity contribution in [1.82, 2.24) is 9.88 Å². The number of carbonyl (C=O) groups excluding carboxylic acids is 1. The summed E-state index contributed by atoms with van der Waals surface area (Å²) in [7, 11) is 3.27. The van der Waals surface area contributed by atoms with Crippen molar-refractivity contribution >= 4 is 28.6 Å². The fraction of sp³-hybridized carbons (Fsp3) is 0.333. The van der Waals surface area contributed by atoms with Crippen molar-refractivity contribution in [2.24, 2.45) is 0 Å². The van der Waals surface area contributed by atoms with Crippen molar-refractivity contribution < 1.29 is 14.3 Å². The summed E-state index contributed by atoms with van der Waals surface area (Å²) in [5.74, 6) is 1.95. The number of hydrogen-bond donors (Lipinski definition) is 0. The van der Waals surface area contributed by atoms with Gasteiger partial charge in [0.25, 0.3) is 0 Å². The molecule has 0 unspecified atom stereocenters. The average molecular weight is 423 g/mol. The third-order valence-corrected chi connectivity index (χ3v) is 6.54. The molecule has 0 saturated heterocycles. The van der Waals surface area contributed by atoms with Crippen LogP contribution < -0.4 is 9.47 Å². The molecule has 0 saturated carbocycles. The lowest BCUT2D eigenvalue weighted by Gasteiger charge is -2.29. The van der Waals surface area contributed by atoms with Crippen LogP contribution in [0.1, 0.15) is 22.3 Å². The Morgan fingerprint density at radius 3 is 2.53 bits per heavy atom. The van der Waals surface area contributed by atoms with Gasteiger partial charge in [-0.25, -0.2) is 4.98 Å². The minimum absolute atomic E-state index is 0.129. The van der Waals surface area contributed by atoms with Crippen molar-refractivity contribution in [1.29, 1.82) is 0 Å². The van der Waals surface area contributed by atoms with Gasteiger partial charge in [-0.15, -0.1) is 0 Å². The number of para-hydroxylation sites is 1. The Labute approximate surface area is 181 Å². The topological polar surface area (TPSA) is 51.7 Å². The van der Waals surface area contributed by atoms with Gasteiger partial charge in [-0.1, -0.05) is 30.0 Å². The fourth-order valence-corrected chi connectivity index (χ4v) is 4.80. The van der Waals surface area contributed by atoms with Gasteiger partial charge in [-0.2, -0.15) is 0 Å². The van der Waals surface area contributed by atoms with E-state index >= 15 is 0 Å². The third kappa shape index (κ3) is 3.97. The van der Waals surface area contributed by atoms with E-state index in [4.69, 9.17) is 14.5 Å². The number of amides is 1. The minimum Gasteiger partial charge on any atom is -0.493 e. The molecular formula is C24H26N2O3S. The molecule has 156 valence electrons. The number of hydrogen-bond acceptors (Lipinski definition) is 5. The Kier molecular flexibility index (Phi) is 5.86. The maximum absolute atomic E-state index is 12.9. The first-order valence-corrected chi connectivity index (χ1v) is 11.0. The van der Waals surface area contributed by atoms with Gasteiger partial charge in [0.2, 0.25) is 5.91 Å². The zero-order valence-electron chi connectivity index (χ0n) is 17.8. The number of methoxy groups -OCH3 is 2. The molecule has 0 radical (unpaired) electrons. The van der Waals surface area contributed by atoms with Gasteiger partial charge in [-0.3, -0.25) is 4.79 Å². The molecule has 0 fully saturated rings. The second kappa shape index (κ2) is 8.56. The van der Waals surface area contributed by atoms with Gasteiger partial charge >= 0.3 is 0 Å². The Morgan fingerprint density at radius 2 is 1.80 bits per heavy atom. The van der Waals surface area contributed by atoms with Crippen LogP contribution >= 0.6 is 11.8 Å². The summed E-state index contributed by atoms with van der Waals surface area (Å²) in [4.78, 5) is 19.6. The molecule has 1 amide bonds. The largest absolute Gasteiger partial charge is 0.493 e. The molecule has 3 aromatic rings. The van der Waals surface area contributed by atoms with Gasteiger partial charge in [0, 0.05) is 18.5 Å². The van der Waals surface area contributed by atoms with Crippen LogP contribution in [0.15, 0.2) is 41.4 Å². The predicted octanol–water partition coefficient (Wildman–Crippen LogP) is 4.55. The Balaban J connectivity index is 1.47. The van der Waals surface area contributed by atoms with E-state index in [1.165, 1.54) is 28.3 Å². The van der Waals surface area contributed by atoms with E-state index in [2.05, 4.69) is 38.1 Å². The van der Waals surface area contributed by atoms with E-state index in [-0.39, 0.29) is 5.91 Å². The van der Waals surface area contributed by atoms with E-state index in [1.54, 1.807) is 14.2 Å². The lowest BCUT2D eigenvalue weighted by molar-refractivity contribution is -0.129. The van der Waals surface area contributed by atoms with Crippen LogP contribution in [0, 0.1) is 13.8 Å². The zero-order valence-corrected chi connectivity index (χ0v) is 18.6. The molecule has 2 heterocycles. The highest BCUT2D eigenvalue weighted by atomic mass is 32.2. The molecule has 1 aliphatic heterocycles. The molecule has 0 N–H and O–H groups in total. The SMILES string of the molecule is COc1cc2c(cc1OC)CN(C(=O)CSc1cc(C)c3cccc(C)c3n1)CC2. The molecule has 4 rings (SSSR count). The van der Waals surface area contributed by atoms with Crippen LogP contribution in [0.4, 0.5) is 0 Å². The highest BCUT2D eigenvalue weighted by Gasteiger charge is 2.23. The monoisotopic (exact) mass is 422 g/mol. The van der Waals surface area contributed by atoms with Crippen molar-refractivity contribution in [3.63, 3.8) is 0 Å². The zero-order chi connectivity index (χ0) is 21.3. The van der Waals surface area contributed by atoms with Crippen LogP contribution in [-0.2, 0) is 17.8 Å². The van der Waals surface area contributed by atoms with Crippen molar-refractivity contribution in [3.05, 3.63) is 58.7 Å².